The molecule has 0 aliphatic heterocycles. The van der Waals surface area contributed by atoms with E-state index in [1.54, 1.807) is 19.2 Å². The quantitative estimate of drug-likeness (QED) is 0.596. The highest BCUT2D eigenvalue weighted by Crippen LogP contribution is 2.26. The Balaban J connectivity index is 1.54. The van der Waals surface area contributed by atoms with Crippen LogP contribution in [0.4, 0.5) is 17.1 Å². The van der Waals surface area contributed by atoms with E-state index in [0.717, 1.165) is 11.4 Å². The van der Waals surface area contributed by atoms with Crippen molar-refractivity contribution in [2.24, 2.45) is 0 Å². The predicted molar refractivity (Wildman–Crippen MR) is 108 cm³/mol. The summed E-state index contributed by atoms with van der Waals surface area (Å²) in [5.74, 6) is 0.856. The number of benzene rings is 3. The molecular formula is C21H19ClN2O3. The lowest BCUT2D eigenvalue weighted by Crippen LogP contribution is -2.20. The van der Waals surface area contributed by atoms with Crippen molar-refractivity contribution in [2.45, 2.75) is 0 Å². The first kappa shape index (κ1) is 18.6. The van der Waals surface area contributed by atoms with Crippen LogP contribution in [0, 0.1) is 0 Å². The molecular weight excluding hydrogens is 364 g/mol. The number of amides is 1. The zero-order valence-electron chi connectivity index (χ0n) is 14.7. The Morgan fingerprint density at radius 1 is 0.889 bits per heavy atom. The Morgan fingerprint density at radius 3 is 2.30 bits per heavy atom. The molecule has 5 nitrogen and oxygen atoms in total. The topological polar surface area (TPSA) is 59.6 Å². The third-order valence-electron chi connectivity index (χ3n) is 3.71. The molecule has 3 aromatic carbocycles. The van der Waals surface area contributed by atoms with Crippen molar-refractivity contribution in [3.05, 3.63) is 77.8 Å². The second-order valence-electron chi connectivity index (χ2n) is 5.70. The van der Waals surface area contributed by atoms with Crippen molar-refractivity contribution in [1.29, 1.82) is 0 Å². The van der Waals surface area contributed by atoms with Crippen molar-refractivity contribution in [1.82, 2.24) is 0 Å². The minimum atomic E-state index is -0.253. The van der Waals surface area contributed by atoms with Crippen LogP contribution in [0.15, 0.2) is 72.8 Å². The third kappa shape index (κ3) is 5.39. The summed E-state index contributed by atoms with van der Waals surface area (Å²) in [7, 11) is 1.56. The highest BCUT2D eigenvalue weighted by Gasteiger charge is 2.07. The number of rotatable bonds is 7. The van der Waals surface area contributed by atoms with Crippen LogP contribution in [0.3, 0.4) is 0 Å². The van der Waals surface area contributed by atoms with Crippen LogP contribution in [0.2, 0.25) is 5.02 Å². The Morgan fingerprint density at radius 2 is 1.59 bits per heavy atom. The first-order valence-corrected chi connectivity index (χ1v) is 8.70. The van der Waals surface area contributed by atoms with Gasteiger partial charge in [0.2, 0.25) is 0 Å². The molecule has 0 bridgehead atoms. The molecule has 0 atom stereocenters. The average molecular weight is 383 g/mol. The maximum absolute atomic E-state index is 12.1. The summed E-state index contributed by atoms with van der Waals surface area (Å²) in [5.41, 5.74) is 2.46. The number of halogens is 1. The minimum Gasteiger partial charge on any atom is -0.493 e. The molecule has 0 saturated carbocycles. The molecule has 0 heterocycles. The lowest BCUT2D eigenvalue weighted by molar-refractivity contribution is -0.118. The molecule has 138 valence electrons. The van der Waals surface area contributed by atoms with Gasteiger partial charge >= 0.3 is 0 Å². The number of hydrogen-bond donors (Lipinski definition) is 2. The molecule has 0 fully saturated rings. The normalized spacial score (nSPS) is 10.1. The van der Waals surface area contributed by atoms with Gasteiger partial charge in [-0.2, -0.15) is 0 Å². The van der Waals surface area contributed by atoms with Crippen LogP contribution in [0.1, 0.15) is 0 Å². The summed E-state index contributed by atoms with van der Waals surface area (Å²) < 4.78 is 10.7. The van der Waals surface area contributed by atoms with Crippen LogP contribution in [-0.2, 0) is 4.79 Å². The molecule has 0 unspecified atom stereocenters. The van der Waals surface area contributed by atoms with Crippen molar-refractivity contribution in [2.75, 3.05) is 24.4 Å². The van der Waals surface area contributed by atoms with Crippen LogP contribution in [0.25, 0.3) is 0 Å². The number of para-hydroxylation sites is 2. The van der Waals surface area contributed by atoms with Crippen LogP contribution in [0.5, 0.6) is 11.5 Å². The van der Waals surface area contributed by atoms with Crippen molar-refractivity contribution >= 4 is 34.6 Å². The highest BCUT2D eigenvalue weighted by molar-refractivity contribution is 6.30. The highest BCUT2D eigenvalue weighted by atomic mass is 35.5. The summed E-state index contributed by atoms with van der Waals surface area (Å²) in [6.07, 6.45) is 0. The molecule has 0 aliphatic carbocycles. The number of nitrogens with one attached hydrogen (secondary N) is 2. The predicted octanol–water partition coefficient (Wildman–Crippen LogP) is 5.11. The summed E-state index contributed by atoms with van der Waals surface area (Å²) in [6.45, 7) is -0.108. The van der Waals surface area contributed by atoms with Gasteiger partial charge in [-0.15, -0.1) is 0 Å². The third-order valence-corrected chi connectivity index (χ3v) is 3.94. The zero-order chi connectivity index (χ0) is 19.1. The van der Waals surface area contributed by atoms with E-state index in [0.29, 0.717) is 22.2 Å². The van der Waals surface area contributed by atoms with Gasteiger partial charge in [0.15, 0.2) is 18.1 Å². The Hall–Kier alpha value is -3.18. The summed E-state index contributed by atoms with van der Waals surface area (Å²) in [5, 5.41) is 6.71. The first-order valence-electron chi connectivity index (χ1n) is 8.32. The van der Waals surface area contributed by atoms with Gasteiger partial charge in [0, 0.05) is 22.1 Å². The molecule has 2 N–H and O–H groups in total. The fourth-order valence-corrected chi connectivity index (χ4v) is 2.64. The summed E-state index contributed by atoms with van der Waals surface area (Å²) >= 11 is 5.98. The Bertz CT molecular complexity index is 913. The SMILES string of the molecule is COc1ccccc1OCC(=O)Nc1ccc(Nc2cccc(Cl)c2)cc1. The van der Waals surface area contributed by atoms with Gasteiger partial charge in [-0.05, 0) is 54.6 Å². The average Bonchev–Trinajstić information content (AvgIpc) is 2.68. The fraction of sp³-hybridized carbons (Fsp3) is 0.0952. The monoisotopic (exact) mass is 382 g/mol. The minimum absolute atomic E-state index is 0.108. The second kappa shape index (κ2) is 8.96. The number of hydrogen-bond acceptors (Lipinski definition) is 4. The molecule has 0 aromatic heterocycles. The van der Waals surface area contributed by atoms with E-state index in [4.69, 9.17) is 21.1 Å². The summed E-state index contributed by atoms with van der Waals surface area (Å²) in [6, 6.07) is 22.0. The van der Waals surface area contributed by atoms with Gasteiger partial charge in [0.05, 0.1) is 7.11 Å². The van der Waals surface area contributed by atoms with Crippen LogP contribution in [-0.4, -0.2) is 19.6 Å². The van der Waals surface area contributed by atoms with E-state index < -0.39 is 0 Å². The first-order chi connectivity index (χ1) is 13.1. The van der Waals surface area contributed by atoms with E-state index >= 15 is 0 Å². The van der Waals surface area contributed by atoms with E-state index in [2.05, 4.69) is 10.6 Å². The lowest BCUT2D eigenvalue weighted by Gasteiger charge is -2.11. The number of methoxy groups -OCH3 is 1. The van der Waals surface area contributed by atoms with Crippen molar-refractivity contribution < 1.29 is 14.3 Å². The number of carbonyl (C=O) groups excluding carboxylic acids is 1. The van der Waals surface area contributed by atoms with Gasteiger partial charge in [-0.3, -0.25) is 4.79 Å². The second-order valence-corrected chi connectivity index (χ2v) is 6.14. The van der Waals surface area contributed by atoms with E-state index in [1.807, 2.05) is 60.7 Å². The van der Waals surface area contributed by atoms with Crippen LogP contribution >= 0.6 is 11.6 Å². The Kier molecular flexibility index (Phi) is 6.18. The van der Waals surface area contributed by atoms with Gasteiger partial charge in [0.1, 0.15) is 0 Å². The van der Waals surface area contributed by atoms with E-state index in [-0.39, 0.29) is 12.5 Å². The molecule has 0 aliphatic rings. The molecule has 1 amide bonds. The van der Waals surface area contributed by atoms with Gasteiger partial charge in [-0.25, -0.2) is 0 Å². The Labute approximate surface area is 162 Å². The molecule has 27 heavy (non-hydrogen) atoms. The lowest BCUT2D eigenvalue weighted by atomic mass is 10.2. The van der Waals surface area contributed by atoms with Crippen molar-refractivity contribution in [3.63, 3.8) is 0 Å². The van der Waals surface area contributed by atoms with E-state index in [1.165, 1.54) is 0 Å². The molecule has 0 spiro atoms. The molecule has 0 radical (unpaired) electrons. The zero-order valence-corrected chi connectivity index (χ0v) is 15.5. The number of ether oxygens (including phenoxy) is 2. The standard InChI is InChI=1S/C21H19ClN2O3/c1-26-19-7-2-3-8-20(19)27-14-21(25)24-17-11-9-16(10-12-17)23-18-6-4-5-15(22)13-18/h2-13,23H,14H2,1H3,(H,24,25). The molecule has 3 rings (SSSR count). The van der Waals surface area contributed by atoms with Gasteiger partial charge in [-0.1, -0.05) is 29.8 Å². The fourth-order valence-electron chi connectivity index (χ4n) is 2.45. The smallest absolute Gasteiger partial charge is 0.262 e. The van der Waals surface area contributed by atoms with Crippen molar-refractivity contribution in [3.8, 4) is 11.5 Å². The largest absolute Gasteiger partial charge is 0.493 e. The molecule has 3 aromatic rings. The van der Waals surface area contributed by atoms with E-state index in [9.17, 15) is 4.79 Å². The van der Waals surface area contributed by atoms with Crippen LogP contribution < -0.4 is 20.1 Å². The molecule has 6 heteroatoms. The van der Waals surface area contributed by atoms with Gasteiger partial charge < -0.3 is 20.1 Å². The molecule has 0 saturated heterocycles. The van der Waals surface area contributed by atoms with Gasteiger partial charge in [0.25, 0.3) is 5.91 Å². The maximum atomic E-state index is 12.1. The number of anilines is 3. The maximum Gasteiger partial charge on any atom is 0.262 e. The summed E-state index contributed by atoms with van der Waals surface area (Å²) in [4.78, 5) is 12.1. The number of carbonyl (C=O) groups is 1.